The lowest BCUT2D eigenvalue weighted by atomic mass is 9.75. The second kappa shape index (κ2) is 4.80. The van der Waals surface area contributed by atoms with E-state index in [2.05, 4.69) is 0 Å². The summed E-state index contributed by atoms with van der Waals surface area (Å²) in [6.07, 6.45) is -0.450. The Kier molecular flexibility index (Phi) is 3.95. The highest BCUT2D eigenvalue weighted by Crippen LogP contribution is 2.20. The van der Waals surface area contributed by atoms with E-state index in [0.29, 0.717) is 0 Å². The van der Waals surface area contributed by atoms with Crippen molar-refractivity contribution in [3.8, 4) is 0 Å². The van der Waals surface area contributed by atoms with Crippen molar-refractivity contribution in [1.82, 2.24) is 0 Å². The lowest BCUT2D eigenvalue weighted by Gasteiger charge is -2.11. The Morgan fingerprint density at radius 2 is 2.07 bits per heavy atom. The third-order valence-corrected chi connectivity index (χ3v) is 1.92. The molecule has 0 radical (unpaired) electrons. The summed E-state index contributed by atoms with van der Waals surface area (Å²) in [5.41, 5.74) is 0. The maximum absolute atomic E-state index is 11.3. The van der Waals surface area contributed by atoms with E-state index in [9.17, 15) is 4.79 Å². The lowest BCUT2D eigenvalue weighted by molar-refractivity contribution is -0.138. The molecule has 0 aromatic rings. The predicted octanol–water partition coefficient (Wildman–Crippen LogP) is 1.25. The fourth-order valence-corrected chi connectivity index (χ4v) is 1.12. The monoisotopic (exact) mass is 200 g/mol. The van der Waals surface area contributed by atoms with Crippen LogP contribution in [0.15, 0.2) is 0 Å². The van der Waals surface area contributed by atoms with E-state index in [1.807, 2.05) is 27.7 Å². The van der Waals surface area contributed by atoms with Crippen LogP contribution >= 0.6 is 0 Å². The third-order valence-electron chi connectivity index (χ3n) is 1.92. The first-order valence-electron chi connectivity index (χ1n) is 4.98. The molecule has 1 aliphatic heterocycles. The molecular weight excluding hydrogens is 183 g/mol. The van der Waals surface area contributed by atoms with E-state index in [1.54, 1.807) is 0 Å². The van der Waals surface area contributed by atoms with Gasteiger partial charge in [0.1, 0.15) is 0 Å². The largest absolute Gasteiger partial charge is 0.530 e. The summed E-state index contributed by atoms with van der Waals surface area (Å²) in [4.78, 5) is 11.3. The van der Waals surface area contributed by atoms with Gasteiger partial charge in [-0.3, -0.25) is 4.79 Å². The normalized spacial score (nSPS) is 22.3. The van der Waals surface area contributed by atoms with Crippen molar-refractivity contribution in [3.63, 3.8) is 0 Å². The number of rotatable bonds is 4. The minimum atomic E-state index is -0.551. The van der Waals surface area contributed by atoms with E-state index >= 15 is 0 Å². The summed E-state index contributed by atoms with van der Waals surface area (Å²) in [5.74, 6) is -0.132. The van der Waals surface area contributed by atoms with E-state index in [-0.39, 0.29) is 24.5 Å². The van der Waals surface area contributed by atoms with Gasteiger partial charge in [-0.25, -0.2) is 0 Å². The van der Waals surface area contributed by atoms with Crippen LogP contribution in [0.5, 0.6) is 0 Å². The van der Waals surface area contributed by atoms with Crippen molar-refractivity contribution in [2.75, 3.05) is 6.61 Å². The molecule has 1 fully saturated rings. The summed E-state index contributed by atoms with van der Waals surface area (Å²) >= 11 is 0. The number of carbonyl (C=O) groups excluding carboxylic acids is 1. The van der Waals surface area contributed by atoms with Crippen LogP contribution in [0.1, 0.15) is 27.7 Å². The molecule has 14 heavy (non-hydrogen) atoms. The van der Waals surface area contributed by atoms with Gasteiger partial charge in [0.15, 0.2) is 6.10 Å². The Bertz CT molecular complexity index is 205. The fourth-order valence-electron chi connectivity index (χ4n) is 1.12. The topological polar surface area (TPSA) is 44.8 Å². The molecule has 1 aliphatic rings. The maximum atomic E-state index is 11.3. The molecule has 0 aliphatic carbocycles. The second-order valence-corrected chi connectivity index (χ2v) is 4.06. The van der Waals surface area contributed by atoms with Crippen LogP contribution in [0.25, 0.3) is 0 Å². The number of ether oxygens (including phenoxy) is 1. The van der Waals surface area contributed by atoms with Gasteiger partial charge in [-0.1, -0.05) is 13.8 Å². The number of carbonyl (C=O) groups is 1. The van der Waals surface area contributed by atoms with Gasteiger partial charge in [0.2, 0.25) is 0 Å². The third kappa shape index (κ3) is 2.99. The molecule has 1 atom stereocenters. The summed E-state index contributed by atoms with van der Waals surface area (Å²) in [5, 5.41) is 0. The van der Waals surface area contributed by atoms with Crippen molar-refractivity contribution < 1.29 is 18.8 Å². The summed E-state index contributed by atoms with van der Waals surface area (Å²) in [7, 11) is -0.414. The zero-order chi connectivity index (χ0) is 10.7. The summed E-state index contributed by atoms with van der Waals surface area (Å²) in [6.45, 7) is 8.01. The van der Waals surface area contributed by atoms with E-state index < -0.39 is 13.2 Å². The Hall–Kier alpha value is -0.545. The number of hydrogen-bond acceptors (Lipinski definition) is 4. The quantitative estimate of drug-likeness (QED) is 0.640. The zero-order valence-corrected chi connectivity index (χ0v) is 9.15. The highest BCUT2D eigenvalue weighted by atomic mass is 16.7. The SMILES string of the molecule is CC(C)OC[C@H]1OB(C(C)C)OC1=O. The molecule has 0 amide bonds. The van der Waals surface area contributed by atoms with Gasteiger partial charge in [-0.2, -0.15) is 0 Å². The summed E-state index contributed by atoms with van der Waals surface area (Å²) in [6, 6.07) is 0. The van der Waals surface area contributed by atoms with Crippen LogP contribution in [0.2, 0.25) is 5.82 Å². The smallest absolute Gasteiger partial charge is 0.507 e. The first kappa shape index (κ1) is 11.5. The molecule has 5 heteroatoms. The van der Waals surface area contributed by atoms with Gasteiger partial charge in [-0.05, 0) is 13.8 Å². The molecule has 0 saturated carbocycles. The average Bonchev–Trinajstić information content (AvgIpc) is 2.43. The highest BCUT2D eigenvalue weighted by Gasteiger charge is 2.41. The van der Waals surface area contributed by atoms with Gasteiger partial charge in [0.05, 0.1) is 12.7 Å². The van der Waals surface area contributed by atoms with Crippen LogP contribution < -0.4 is 0 Å². The van der Waals surface area contributed by atoms with Gasteiger partial charge in [0, 0.05) is 5.82 Å². The van der Waals surface area contributed by atoms with Crippen LogP contribution in [-0.2, 0) is 18.8 Å². The molecule has 1 rings (SSSR count). The van der Waals surface area contributed by atoms with Gasteiger partial charge in [-0.15, -0.1) is 0 Å². The summed E-state index contributed by atoms with van der Waals surface area (Å²) < 4.78 is 15.7. The van der Waals surface area contributed by atoms with Gasteiger partial charge >= 0.3 is 13.1 Å². The highest BCUT2D eigenvalue weighted by molar-refractivity contribution is 6.50. The minimum Gasteiger partial charge on any atom is -0.507 e. The van der Waals surface area contributed by atoms with Crippen molar-refractivity contribution in [2.45, 2.75) is 45.7 Å². The van der Waals surface area contributed by atoms with E-state index in [1.165, 1.54) is 0 Å². The van der Waals surface area contributed by atoms with Crippen molar-refractivity contribution in [2.24, 2.45) is 0 Å². The average molecular weight is 200 g/mol. The zero-order valence-electron chi connectivity index (χ0n) is 9.15. The molecule has 0 N–H and O–H groups in total. The number of hydrogen-bond donors (Lipinski definition) is 0. The Morgan fingerprint density at radius 3 is 2.50 bits per heavy atom. The van der Waals surface area contributed by atoms with Crippen LogP contribution in [0.3, 0.4) is 0 Å². The van der Waals surface area contributed by atoms with Crippen molar-refractivity contribution >= 4 is 13.1 Å². The minimum absolute atomic E-state index is 0.101. The molecule has 80 valence electrons. The van der Waals surface area contributed by atoms with Crippen LogP contribution in [0.4, 0.5) is 0 Å². The molecule has 1 heterocycles. The molecule has 0 aromatic heterocycles. The standard InChI is InChI=1S/C9H17BO4/c1-6(2)10-13-8(9(11)14-10)5-12-7(3)4/h6-8H,5H2,1-4H3/t8-/m1/s1. The Labute approximate surface area is 85.0 Å². The molecule has 1 saturated heterocycles. The van der Waals surface area contributed by atoms with E-state index in [0.717, 1.165) is 0 Å². The Morgan fingerprint density at radius 1 is 1.43 bits per heavy atom. The van der Waals surface area contributed by atoms with Gasteiger partial charge < -0.3 is 14.0 Å². The molecular formula is C9H17BO4. The van der Waals surface area contributed by atoms with Crippen LogP contribution in [0, 0.1) is 0 Å². The van der Waals surface area contributed by atoms with Crippen molar-refractivity contribution in [1.29, 1.82) is 0 Å². The molecule has 0 aromatic carbocycles. The molecule has 4 nitrogen and oxygen atoms in total. The van der Waals surface area contributed by atoms with Gasteiger partial charge in [0.25, 0.3) is 0 Å². The van der Waals surface area contributed by atoms with E-state index in [4.69, 9.17) is 14.0 Å². The second-order valence-electron chi connectivity index (χ2n) is 4.06. The predicted molar refractivity (Wildman–Crippen MR) is 52.9 cm³/mol. The Balaban J connectivity index is 2.37. The first-order valence-corrected chi connectivity index (χ1v) is 4.98. The maximum Gasteiger partial charge on any atom is 0.530 e. The fraction of sp³-hybridized carbons (Fsp3) is 0.889. The lowest BCUT2D eigenvalue weighted by Crippen LogP contribution is -2.25. The molecule has 0 spiro atoms. The van der Waals surface area contributed by atoms with Crippen LogP contribution in [-0.4, -0.2) is 31.9 Å². The van der Waals surface area contributed by atoms with Crippen molar-refractivity contribution in [3.05, 3.63) is 0 Å². The first-order chi connectivity index (χ1) is 6.50. The molecule has 0 bridgehead atoms. The molecule has 0 unspecified atom stereocenters.